The molecule has 0 atom stereocenters. The summed E-state index contributed by atoms with van der Waals surface area (Å²) in [6.07, 6.45) is 2.56. The molecule has 1 fully saturated rings. The van der Waals surface area contributed by atoms with Crippen LogP contribution in [0.15, 0.2) is 18.2 Å². The standard InChI is InChI=1S/C12H17N3O/c1-14-12(16)10-5-4-9(13)6-11(10)15-7-8-2-3-8/h4-6,8,15H,2-3,7,13H2,1H3,(H,14,16). The normalized spacial score (nSPS) is 14.6. The number of amides is 1. The lowest BCUT2D eigenvalue weighted by atomic mass is 10.1. The van der Waals surface area contributed by atoms with Gasteiger partial charge in [0.25, 0.3) is 5.91 Å². The summed E-state index contributed by atoms with van der Waals surface area (Å²) in [7, 11) is 1.63. The van der Waals surface area contributed by atoms with E-state index in [0.717, 1.165) is 18.2 Å². The number of carbonyl (C=O) groups is 1. The Morgan fingerprint density at radius 3 is 2.88 bits per heavy atom. The quantitative estimate of drug-likeness (QED) is 0.671. The summed E-state index contributed by atoms with van der Waals surface area (Å²) in [6.45, 7) is 0.924. The van der Waals surface area contributed by atoms with Gasteiger partial charge in [-0.2, -0.15) is 0 Å². The van der Waals surface area contributed by atoms with Crippen molar-refractivity contribution in [3.8, 4) is 0 Å². The number of nitrogen functional groups attached to an aromatic ring is 1. The van der Waals surface area contributed by atoms with Gasteiger partial charge in [0.15, 0.2) is 0 Å². The van der Waals surface area contributed by atoms with Crippen molar-refractivity contribution in [2.75, 3.05) is 24.6 Å². The maximum Gasteiger partial charge on any atom is 0.253 e. The highest BCUT2D eigenvalue weighted by Gasteiger charge is 2.21. The highest BCUT2D eigenvalue weighted by molar-refractivity contribution is 6.00. The Bertz CT molecular complexity index is 399. The minimum absolute atomic E-state index is 0.0849. The SMILES string of the molecule is CNC(=O)c1ccc(N)cc1NCC1CC1. The van der Waals surface area contributed by atoms with Gasteiger partial charge in [-0.25, -0.2) is 0 Å². The van der Waals surface area contributed by atoms with Gasteiger partial charge in [0, 0.05) is 25.0 Å². The van der Waals surface area contributed by atoms with Crippen molar-refractivity contribution >= 4 is 17.3 Å². The Balaban J connectivity index is 2.16. The second-order valence-electron chi connectivity index (χ2n) is 4.21. The number of nitrogens with one attached hydrogen (secondary N) is 2. The van der Waals surface area contributed by atoms with E-state index in [0.29, 0.717) is 11.3 Å². The molecule has 4 heteroatoms. The van der Waals surface area contributed by atoms with E-state index in [2.05, 4.69) is 10.6 Å². The predicted octanol–water partition coefficient (Wildman–Crippen LogP) is 1.45. The van der Waals surface area contributed by atoms with E-state index in [-0.39, 0.29) is 5.91 Å². The topological polar surface area (TPSA) is 67.2 Å². The molecule has 1 aromatic rings. The van der Waals surface area contributed by atoms with Crippen molar-refractivity contribution < 1.29 is 4.79 Å². The molecule has 0 saturated heterocycles. The third kappa shape index (κ3) is 2.45. The molecule has 1 aliphatic rings. The molecule has 0 unspecified atom stereocenters. The maximum atomic E-state index is 11.6. The Labute approximate surface area is 95.2 Å². The van der Waals surface area contributed by atoms with Crippen molar-refractivity contribution in [2.45, 2.75) is 12.8 Å². The van der Waals surface area contributed by atoms with Crippen molar-refractivity contribution in [3.05, 3.63) is 23.8 Å². The van der Waals surface area contributed by atoms with Gasteiger partial charge < -0.3 is 16.4 Å². The lowest BCUT2D eigenvalue weighted by Crippen LogP contribution is -2.20. The average molecular weight is 219 g/mol. The van der Waals surface area contributed by atoms with Crippen LogP contribution in [0.3, 0.4) is 0 Å². The molecule has 2 rings (SSSR count). The zero-order valence-corrected chi connectivity index (χ0v) is 9.42. The molecule has 0 spiro atoms. The highest BCUT2D eigenvalue weighted by Crippen LogP contribution is 2.29. The van der Waals surface area contributed by atoms with Gasteiger partial charge in [-0.15, -0.1) is 0 Å². The molecular formula is C12H17N3O. The highest BCUT2D eigenvalue weighted by atomic mass is 16.1. The predicted molar refractivity (Wildman–Crippen MR) is 65.5 cm³/mol. The van der Waals surface area contributed by atoms with E-state index in [4.69, 9.17) is 5.73 Å². The largest absolute Gasteiger partial charge is 0.399 e. The Hall–Kier alpha value is -1.71. The molecule has 4 N–H and O–H groups in total. The molecule has 0 heterocycles. The van der Waals surface area contributed by atoms with Gasteiger partial charge in [0.1, 0.15) is 0 Å². The molecule has 1 aromatic carbocycles. The van der Waals surface area contributed by atoms with E-state index in [1.165, 1.54) is 12.8 Å². The third-order valence-corrected chi connectivity index (χ3v) is 2.79. The second kappa shape index (κ2) is 4.43. The fraction of sp³-hybridized carbons (Fsp3) is 0.417. The van der Waals surface area contributed by atoms with Crippen molar-refractivity contribution in [2.24, 2.45) is 5.92 Å². The summed E-state index contributed by atoms with van der Waals surface area (Å²) in [5.74, 6) is 0.678. The summed E-state index contributed by atoms with van der Waals surface area (Å²) in [5, 5.41) is 5.92. The minimum Gasteiger partial charge on any atom is -0.399 e. The number of nitrogens with two attached hydrogens (primary N) is 1. The zero-order chi connectivity index (χ0) is 11.5. The van der Waals surface area contributed by atoms with Crippen LogP contribution in [0.25, 0.3) is 0 Å². The van der Waals surface area contributed by atoms with E-state index >= 15 is 0 Å². The van der Waals surface area contributed by atoms with Crippen LogP contribution in [0.2, 0.25) is 0 Å². The van der Waals surface area contributed by atoms with Gasteiger partial charge >= 0.3 is 0 Å². The molecule has 1 aliphatic carbocycles. The molecule has 0 aromatic heterocycles. The molecule has 1 amide bonds. The molecule has 0 radical (unpaired) electrons. The Kier molecular flexibility index (Phi) is 2.99. The van der Waals surface area contributed by atoms with Crippen molar-refractivity contribution in [1.82, 2.24) is 5.32 Å². The number of anilines is 2. The number of hydrogen-bond acceptors (Lipinski definition) is 3. The first-order chi connectivity index (χ1) is 7.70. The fourth-order valence-electron chi connectivity index (χ4n) is 1.62. The van der Waals surface area contributed by atoms with E-state index in [9.17, 15) is 4.79 Å². The molecule has 86 valence electrons. The monoisotopic (exact) mass is 219 g/mol. The third-order valence-electron chi connectivity index (χ3n) is 2.79. The van der Waals surface area contributed by atoms with Crippen molar-refractivity contribution in [1.29, 1.82) is 0 Å². The van der Waals surface area contributed by atoms with E-state index < -0.39 is 0 Å². The number of benzene rings is 1. The van der Waals surface area contributed by atoms with E-state index in [1.807, 2.05) is 6.07 Å². The lowest BCUT2D eigenvalue weighted by Gasteiger charge is -2.11. The number of rotatable bonds is 4. The molecular weight excluding hydrogens is 202 g/mol. The first kappa shape index (κ1) is 10.8. The minimum atomic E-state index is -0.0849. The number of carbonyl (C=O) groups excluding carboxylic acids is 1. The molecule has 0 bridgehead atoms. The molecule has 4 nitrogen and oxygen atoms in total. The molecule has 1 saturated carbocycles. The van der Waals surface area contributed by atoms with Gasteiger partial charge in [0.2, 0.25) is 0 Å². The zero-order valence-electron chi connectivity index (χ0n) is 9.42. The summed E-state index contributed by atoms with van der Waals surface area (Å²) in [5.41, 5.74) is 7.87. The summed E-state index contributed by atoms with van der Waals surface area (Å²) < 4.78 is 0. The Morgan fingerprint density at radius 2 is 2.25 bits per heavy atom. The smallest absolute Gasteiger partial charge is 0.253 e. The van der Waals surface area contributed by atoms with E-state index in [1.54, 1.807) is 19.2 Å². The fourth-order valence-corrected chi connectivity index (χ4v) is 1.62. The van der Waals surface area contributed by atoms with Crippen LogP contribution in [0.1, 0.15) is 23.2 Å². The van der Waals surface area contributed by atoms with Gasteiger partial charge in [0.05, 0.1) is 5.56 Å². The lowest BCUT2D eigenvalue weighted by molar-refractivity contribution is 0.0964. The van der Waals surface area contributed by atoms with Gasteiger partial charge in [-0.3, -0.25) is 4.79 Å². The maximum absolute atomic E-state index is 11.6. The van der Waals surface area contributed by atoms with Crippen LogP contribution in [0.5, 0.6) is 0 Å². The number of hydrogen-bond donors (Lipinski definition) is 3. The van der Waals surface area contributed by atoms with Crippen molar-refractivity contribution in [3.63, 3.8) is 0 Å². The molecule has 16 heavy (non-hydrogen) atoms. The Morgan fingerprint density at radius 1 is 1.50 bits per heavy atom. The summed E-state index contributed by atoms with van der Waals surface area (Å²) in [6, 6.07) is 5.31. The average Bonchev–Trinajstić information content (AvgIpc) is 3.09. The van der Waals surface area contributed by atoms with Crippen LogP contribution >= 0.6 is 0 Å². The van der Waals surface area contributed by atoms with Gasteiger partial charge in [-0.1, -0.05) is 0 Å². The first-order valence-electron chi connectivity index (χ1n) is 5.56. The first-order valence-corrected chi connectivity index (χ1v) is 5.56. The van der Waals surface area contributed by atoms with Crippen LogP contribution in [-0.2, 0) is 0 Å². The molecule has 0 aliphatic heterocycles. The van der Waals surface area contributed by atoms with Crippen LogP contribution in [0.4, 0.5) is 11.4 Å². The van der Waals surface area contributed by atoms with Gasteiger partial charge in [-0.05, 0) is 37.0 Å². The van der Waals surface area contributed by atoms with Crippen LogP contribution in [0, 0.1) is 5.92 Å². The summed E-state index contributed by atoms with van der Waals surface area (Å²) in [4.78, 5) is 11.6. The second-order valence-corrected chi connectivity index (χ2v) is 4.21. The summed E-state index contributed by atoms with van der Waals surface area (Å²) >= 11 is 0. The van der Waals surface area contributed by atoms with Crippen LogP contribution in [-0.4, -0.2) is 19.5 Å². The van der Waals surface area contributed by atoms with Crippen LogP contribution < -0.4 is 16.4 Å².